The van der Waals surface area contributed by atoms with Gasteiger partial charge in [0.2, 0.25) is 0 Å². The fourth-order valence-electron chi connectivity index (χ4n) is 1.77. The number of hydrogen-bond donors (Lipinski definition) is 0. The molecule has 0 aliphatic rings. The van der Waals surface area contributed by atoms with Crippen LogP contribution in [0.25, 0.3) is 0 Å². The molecule has 0 fully saturated rings. The van der Waals surface area contributed by atoms with Crippen molar-refractivity contribution in [2.24, 2.45) is 5.16 Å². The van der Waals surface area contributed by atoms with E-state index in [1.54, 1.807) is 19.1 Å². The van der Waals surface area contributed by atoms with Crippen LogP contribution in [-0.2, 0) is 9.63 Å². The SMILES string of the molecule is C/C(=N\OC(=O)COc1ccc(Cl)cc1Cl)c1cccc([N+](=O)[O-])c1. The first-order valence-electron chi connectivity index (χ1n) is 6.94. The molecule has 130 valence electrons. The molecule has 7 nitrogen and oxygen atoms in total. The van der Waals surface area contributed by atoms with Gasteiger partial charge in [0.1, 0.15) is 5.75 Å². The highest BCUT2D eigenvalue weighted by Gasteiger charge is 2.10. The summed E-state index contributed by atoms with van der Waals surface area (Å²) in [6, 6.07) is 10.4. The van der Waals surface area contributed by atoms with Crippen LogP contribution in [0, 0.1) is 10.1 Å². The van der Waals surface area contributed by atoms with Gasteiger partial charge in [0.05, 0.1) is 15.7 Å². The maximum atomic E-state index is 11.7. The van der Waals surface area contributed by atoms with Crippen LogP contribution < -0.4 is 4.74 Å². The van der Waals surface area contributed by atoms with E-state index >= 15 is 0 Å². The van der Waals surface area contributed by atoms with E-state index in [-0.39, 0.29) is 16.5 Å². The number of nitro benzene ring substituents is 1. The second kappa shape index (κ2) is 8.46. The Morgan fingerprint density at radius 3 is 2.68 bits per heavy atom. The molecule has 9 heteroatoms. The van der Waals surface area contributed by atoms with Crippen molar-refractivity contribution in [2.75, 3.05) is 6.61 Å². The van der Waals surface area contributed by atoms with Crippen molar-refractivity contribution in [1.82, 2.24) is 0 Å². The van der Waals surface area contributed by atoms with Gasteiger partial charge >= 0.3 is 5.97 Å². The third-order valence-electron chi connectivity index (χ3n) is 3.00. The van der Waals surface area contributed by atoms with E-state index in [1.807, 2.05) is 0 Å². The van der Waals surface area contributed by atoms with Crippen molar-refractivity contribution < 1.29 is 19.3 Å². The summed E-state index contributed by atoms with van der Waals surface area (Å²) in [7, 11) is 0. The van der Waals surface area contributed by atoms with Crippen molar-refractivity contribution >= 4 is 40.6 Å². The van der Waals surface area contributed by atoms with E-state index in [2.05, 4.69) is 5.16 Å². The molecule has 0 bridgehead atoms. The highest BCUT2D eigenvalue weighted by Crippen LogP contribution is 2.27. The highest BCUT2D eigenvalue weighted by atomic mass is 35.5. The summed E-state index contributed by atoms with van der Waals surface area (Å²) < 4.78 is 5.22. The molecule has 0 atom stereocenters. The van der Waals surface area contributed by atoms with Crippen LogP contribution >= 0.6 is 23.2 Å². The molecule has 2 aromatic carbocycles. The zero-order chi connectivity index (χ0) is 18.4. The lowest BCUT2D eigenvalue weighted by atomic mass is 10.1. The summed E-state index contributed by atoms with van der Waals surface area (Å²) in [5.74, 6) is -0.474. The maximum Gasteiger partial charge on any atom is 0.372 e. The fraction of sp³-hybridized carbons (Fsp3) is 0.125. The third kappa shape index (κ3) is 5.44. The first-order chi connectivity index (χ1) is 11.9. The van der Waals surface area contributed by atoms with Crippen molar-refractivity contribution in [3.63, 3.8) is 0 Å². The zero-order valence-electron chi connectivity index (χ0n) is 12.9. The number of non-ortho nitro benzene ring substituents is 1. The summed E-state index contributed by atoms with van der Waals surface area (Å²) in [6.07, 6.45) is 0. The van der Waals surface area contributed by atoms with Gasteiger partial charge in [0, 0.05) is 22.7 Å². The molecule has 0 radical (unpaired) electrons. The van der Waals surface area contributed by atoms with Crippen LogP contribution in [0.3, 0.4) is 0 Å². The molecular weight excluding hydrogens is 371 g/mol. The quantitative estimate of drug-likeness (QED) is 0.322. The molecular formula is C16H12Cl2N2O5. The number of rotatable bonds is 6. The van der Waals surface area contributed by atoms with E-state index in [4.69, 9.17) is 32.8 Å². The maximum absolute atomic E-state index is 11.7. The monoisotopic (exact) mass is 382 g/mol. The van der Waals surface area contributed by atoms with Crippen LogP contribution in [0.5, 0.6) is 5.75 Å². The standard InChI is InChI=1S/C16H12Cl2N2O5/c1-10(11-3-2-4-13(7-11)20(22)23)19-25-16(21)9-24-15-6-5-12(17)8-14(15)18/h2-8H,9H2,1H3/b19-10+. The molecule has 2 rings (SSSR count). The number of benzene rings is 2. The van der Waals surface area contributed by atoms with Gasteiger partial charge in [-0.3, -0.25) is 10.1 Å². The molecule has 0 aromatic heterocycles. The van der Waals surface area contributed by atoms with Crippen molar-refractivity contribution in [3.8, 4) is 5.75 Å². The molecule has 2 aromatic rings. The summed E-state index contributed by atoms with van der Waals surface area (Å²) in [5.41, 5.74) is 0.685. The number of carbonyl (C=O) groups is 1. The number of halogens is 2. The topological polar surface area (TPSA) is 91.0 Å². The molecule has 0 amide bonds. The summed E-state index contributed by atoms with van der Waals surface area (Å²) in [5, 5.41) is 15.1. The number of ether oxygens (including phenoxy) is 1. The average molecular weight is 383 g/mol. The van der Waals surface area contributed by atoms with E-state index in [0.29, 0.717) is 16.3 Å². The molecule has 0 unspecified atom stereocenters. The minimum atomic E-state index is -0.754. The average Bonchev–Trinajstić information content (AvgIpc) is 2.59. The first kappa shape index (κ1) is 18.7. The summed E-state index contributed by atoms with van der Waals surface area (Å²) in [4.78, 5) is 26.6. The van der Waals surface area contributed by atoms with Gasteiger partial charge in [-0.25, -0.2) is 4.79 Å². The number of nitro groups is 1. The molecule has 0 N–H and O–H groups in total. The van der Waals surface area contributed by atoms with E-state index in [9.17, 15) is 14.9 Å². The Bertz CT molecular complexity index is 839. The minimum Gasteiger partial charge on any atom is -0.480 e. The Balaban J connectivity index is 1.95. The molecule has 25 heavy (non-hydrogen) atoms. The van der Waals surface area contributed by atoms with Gasteiger partial charge in [-0.1, -0.05) is 40.5 Å². The van der Waals surface area contributed by atoms with Crippen molar-refractivity contribution in [3.05, 3.63) is 68.2 Å². The minimum absolute atomic E-state index is 0.0842. The number of oxime groups is 1. The van der Waals surface area contributed by atoms with Crippen LogP contribution in [0.2, 0.25) is 10.0 Å². The predicted octanol–water partition coefficient (Wildman–Crippen LogP) is 4.25. The van der Waals surface area contributed by atoms with Crippen LogP contribution in [-0.4, -0.2) is 23.2 Å². The second-order valence-electron chi connectivity index (χ2n) is 4.81. The van der Waals surface area contributed by atoms with Gasteiger partial charge in [0.25, 0.3) is 5.69 Å². The Kier molecular flexibility index (Phi) is 6.32. The van der Waals surface area contributed by atoms with Crippen molar-refractivity contribution in [1.29, 1.82) is 0 Å². The van der Waals surface area contributed by atoms with E-state index in [0.717, 1.165) is 0 Å². The predicted molar refractivity (Wildman–Crippen MR) is 93.4 cm³/mol. The lowest BCUT2D eigenvalue weighted by molar-refractivity contribution is -0.384. The fourth-order valence-corrected chi connectivity index (χ4v) is 2.23. The Labute approximate surface area is 152 Å². The highest BCUT2D eigenvalue weighted by molar-refractivity contribution is 6.35. The zero-order valence-corrected chi connectivity index (χ0v) is 14.5. The number of hydrogen-bond acceptors (Lipinski definition) is 6. The number of nitrogens with zero attached hydrogens (tertiary/aromatic N) is 2. The van der Waals surface area contributed by atoms with Crippen LogP contribution in [0.1, 0.15) is 12.5 Å². The van der Waals surface area contributed by atoms with Gasteiger partial charge in [-0.2, -0.15) is 0 Å². The van der Waals surface area contributed by atoms with Crippen LogP contribution in [0.4, 0.5) is 5.69 Å². The Hall–Kier alpha value is -2.64. The largest absolute Gasteiger partial charge is 0.480 e. The second-order valence-corrected chi connectivity index (χ2v) is 5.65. The van der Waals surface area contributed by atoms with E-state index < -0.39 is 17.5 Å². The lowest BCUT2D eigenvalue weighted by Crippen LogP contribution is -2.13. The molecule has 0 aliphatic carbocycles. The molecule has 0 saturated carbocycles. The van der Waals surface area contributed by atoms with Gasteiger partial charge in [0.15, 0.2) is 6.61 Å². The smallest absolute Gasteiger partial charge is 0.372 e. The number of carbonyl (C=O) groups excluding carboxylic acids is 1. The van der Waals surface area contributed by atoms with Gasteiger partial charge < -0.3 is 9.57 Å². The summed E-state index contributed by atoms with van der Waals surface area (Å²) >= 11 is 11.7. The van der Waals surface area contributed by atoms with Gasteiger partial charge in [-0.15, -0.1) is 0 Å². The first-order valence-corrected chi connectivity index (χ1v) is 7.69. The summed E-state index contributed by atoms with van der Waals surface area (Å²) in [6.45, 7) is 1.15. The third-order valence-corrected chi connectivity index (χ3v) is 3.53. The molecule has 0 saturated heterocycles. The lowest BCUT2D eigenvalue weighted by Gasteiger charge is -2.06. The molecule has 0 aliphatic heterocycles. The molecule has 0 heterocycles. The molecule has 0 spiro atoms. The Morgan fingerprint density at radius 1 is 1.24 bits per heavy atom. The van der Waals surface area contributed by atoms with Crippen LogP contribution in [0.15, 0.2) is 47.6 Å². The normalized spacial score (nSPS) is 11.1. The van der Waals surface area contributed by atoms with Gasteiger partial charge in [-0.05, 0) is 25.1 Å². The van der Waals surface area contributed by atoms with Crippen molar-refractivity contribution in [2.45, 2.75) is 6.92 Å². The Morgan fingerprint density at radius 2 is 2.00 bits per heavy atom. The van der Waals surface area contributed by atoms with E-state index in [1.165, 1.54) is 30.3 Å².